The normalized spacial score (nSPS) is 11.9. The molecule has 0 fully saturated rings. The third kappa shape index (κ3) is 3.20. The molecule has 0 saturated carbocycles. The largest absolute Gasteiger partial charge is 0.508 e. The SMILES string of the molecule is CCC[C@@H](N)c1cc(C)ccc1O.Cl. The van der Waals surface area contributed by atoms with Crippen LogP contribution in [-0.2, 0) is 0 Å². The third-order valence-electron chi connectivity index (χ3n) is 2.18. The molecule has 0 aromatic heterocycles. The van der Waals surface area contributed by atoms with Gasteiger partial charge < -0.3 is 10.8 Å². The highest BCUT2D eigenvalue weighted by atomic mass is 35.5. The third-order valence-corrected chi connectivity index (χ3v) is 2.18. The number of hydrogen-bond donors (Lipinski definition) is 2. The van der Waals surface area contributed by atoms with Gasteiger partial charge in [0.1, 0.15) is 5.75 Å². The van der Waals surface area contributed by atoms with E-state index in [0.717, 1.165) is 24.0 Å². The van der Waals surface area contributed by atoms with Gasteiger partial charge in [-0.25, -0.2) is 0 Å². The van der Waals surface area contributed by atoms with Gasteiger partial charge in [0, 0.05) is 11.6 Å². The highest BCUT2D eigenvalue weighted by Gasteiger charge is 2.09. The minimum absolute atomic E-state index is 0. The van der Waals surface area contributed by atoms with Gasteiger partial charge in [-0.1, -0.05) is 31.0 Å². The highest BCUT2D eigenvalue weighted by Crippen LogP contribution is 2.26. The first-order chi connectivity index (χ1) is 6.15. The van der Waals surface area contributed by atoms with E-state index in [1.165, 1.54) is 0 Å². The van der Waals surface area contributed by atoms with Crippen molar-refractivity contribution in [3.63, 3.8) is 0 Å². The monoisotopic (exact) mass is 215 g/mol. The smallest absolute Gasteiger partial charge is 0.120 e. The molecule has 14 heavy (non-hydrogen) atoms. The molecule has 0 aliphatic rings. The molecule has 0 saturated heterocycles. The van der Waals surface area contributed by atoms with Crippen LogP contribution in [0.5, 0.6) is 5.75 Å². The van der Waals surface area contributed by atoms with Gasteiger partial charge in [0.05, 0.1) is 0 Å². The molecular weight excluding hydrogens is 198 g/mol. The highest BCUT2D eigenvalue weighted by molar-refractivity contribution is 5.85. The van der Waals surface area contributed by atoms with Gasteiger partial charge in [0.25, 0.3) is 0 Å². The molecule has 1 aromatic carbocycles. The molecule has 0 heterocycles. The molecule has 0 bridgehead atoms. The number of hydrogen-bond acceptors (Lipinski definition) is 2. The van der Waals surface area contributed by atoms with Crippen LogP contribution in [0, 0.1) is 6.92 Å². The van der Waals surface area contributed by atoms with Crippen LogP contribution in [0.2, 0.25) is 0 Å². The van der Waals surface area contributed by atoms with E-state index in [4.69, 9.17) is 5.73 Å². The van der Waals surface area contributed by atoms with Crippen molar-refractivity contribution in [3.05, 3.63) is 29.3 Å². The van der Waals surface area contributed by atoms with E-state index < -0.39 is 0 Å². The molecule has 0 aliphatic heterocycles. The Hall–Kier alpha value is -0.730. The summed E-state index contributed by atoms with van der Waals surface area (Å²) in [7, 11) is 0. The van der Waals surface area contributed by atoms with Crippen LogP contribution in [0.25, 0.3) is 0 Å². The second-order valence-corrected chi connectivity index (χ2v) is 3.46. The standard InChI is InChI=1S/C11H17NO.ClH/c1-3-4-10(12)9-7-8(2)5-6-11(9)13;/h5-7,10,13H,3-4,12H2,1-2H3;1H/t10-;/m1./s1. The molecule has 1 aromatic rings. The number of aryl methyl sites for hydroxylation is 1. The lowest BCUT2D eigenvalue weighted by Crippen LogP contribution is -2.09. The van der Waals surface area contributed by atoms with Crippen molar-refractivity contribution in [3.8, 4) is 5.75 Å². The van der Waals surface area contributed by atoms with E-state index >= 15 is 0 Å². The van der Waals surface area contributed by atoms with Gasteiger partial charge in [0.2, 0.25) is 0 Å². The van der Waals surface area contributed by atoms with Crippen LogP contribution < -0.4 is 5.73 Å². The Labute approximate surface area is 91.5 Å². The number of aromatic hydroxyl groups is 1. The molecule has 80 valence electrons. The van der Waals surface area contributed by atoms with Crippen LogP contribution in [0.4, 0.5) is 0 Å². The fourth-order valence-electron chi connectivity index (χ4n) is 1.44. The number of rotatable bonds is 3. The molecule has 1 rings (SSSR count). The zero-order valence-electron chi connectivity index (χ0n) is 8.66. The van der Waals surface area contributed by atoms with Crippen LogP contribution in [0.15, 0.2) is 18.2 Å². The summed E-state index contributed by atoms with van der Waals surface area (Å²) < 4.78 is 0. The van der Waals surface area contributed by atoms with Gasteiger partial charge in [-0.2, -0.15) is 0 Å². The molecule has 3 N–H and O–H groups in total. The summed E-state index contributed by atoms with van der Waals surface area (Å²) in [5.41, 5.74) is 7.92. The van der Waals surface area contributed by atoms with E-state index in [0.29, 0.717) is 5.75 Å². The summed E-state index contributed by atoms with van der Waals surface area (Å²) in [5, 5.41) is 9.55. The quantitative estimate of drug-likeness (QED) is 0.815. The Kier molecular flexibility index (Phi) is 5.58. The maximum Gasteiger partial charge on any atom is 0.120 e. The Bertz CT molecular complexity index is 289. The fraction of sp³-hybridized carbons (Fsp3) is 0.455. The Morgan fingerprint density at radius 3 is 2.64 bits per heavy atom. The first-order valence-electron chi connectivity index (χ1n) is 4.70. The second kappa shape index (κ2) is 5.89. The van der Waals surface area contributed by atoms with Crippen LogP contribution in [0.3, 0.4) is 0 Å². The molecule has 0 spiro atoms. The van der Waals surface area contributed by atoms with Crippen molar-refractivity contribution < 1.29 is 5.11 Å². The van der Waals surface area contributed by atoms with Crippen molar-refractivity contribution in [1.82, 2.24) is 0 Å². The van der Waals surface area contributed by atoms with Crippen LogP contribution >= 0.6 is 12.4 Å². The first kappa shape index (κ1) is 13.3. The van der Waals surface area contributed by atoms with E-state index in [1.807, 2.05) is 19.1 Å². The number of phenolic OH excluding ortho intramolecular Hbond substituents is 1. The first-order valence-corrected chi connectivity index (χ1v) is 4.70. The summed E-state index contributed by atoms with van der Waals surface area (Å²) in [6, 6.07) is 5.51. The molecule has 0 radical (unpaired) electrons. The van der Waals surface area contributed by atoms with E-state index in [9.17, 15) is 5.11 Å². The zero-order chi connectivity index (χ0) is 9.84. The van der Waals surface area contributed by atoms with Gasteiger partial charge >= 0.3 is 0 Å². The maximum absolute atomic E-state index is 9.55. The van der Waals surface area contributed by atoms with E-state index in [-0.39, 0.29) is 18.4 Å². The van der Waals surface area contributed by atoms with Gasteiger partial charge in [-0.3, -0.25) is 0 Å². The van der Waals surface area contributed by atoms with Gasteiger partial charge in [-0.05, 0) is 19.4 Å². The molecule has 0 unspecified atom stereocenters. The van der Waals surface area contributed by atoms with Gasteiger partial charge in [-0.15, -0.1) is 12.4 Å². The summed E-state index contributed by atoms with van der Waals surface area (Å²) in [6.07, 6.45) is 1.95. The van der Waals surface area contributed by atoms with Gasteiger partial charge in [0.15, 0.2) is 0 Å². The van der Waals surface area contributed by atoms with Crippen LogP contribution in [-0.4, -0.2) is 5.11 Å². The predicted molar refractivity (Wildman–Crippen MR) is 61.9 cm³/mol. The summed E-state index contributed by atoms with van der Waals surface area (Å²) in [4.78, 5) is 0. The molecule has 1 atom stereocenters. The average Bonchev–Trinajstić information content (AvgIpc) is 2.09. The summed E-state index contributed by atoms with van der Waals surface area (Å²) in [6.45, 7) is 4.09. The average molecular weight is 216 g/mol. The lowest BCUT2D eigenvalue weighted by atomic mass is 10.0. The number of benzene rings is 1. The lowest BCUT2D eigenvalue weighted by molar-refractivity contribution is 0.458. The second-order valence-electron chi connectivity index (χ2n) is 3.46. The minimum Gasteiger partial charge on any atom is -0.508 e. The number of halogens is 1. The lowest BCUT2D eigenvalue weighted by Gasteiger charge is -2.12. The van der Waals surface area contributed by atoms with E-state index in [2.05, 4.69) is 6.92 Å². The Balaban J connectivity index is 0.00000169. The van der Waals surface area contributed by atoms with E-state index in [1.54, 1.807) is 6.07 Å². The van der Waals surface area contributed by atoms with Crippen molar-refractivity contribution in [1.29, 1.82) is 0 Å². The topological polar surface area (TPSA) is 46.2 Å². The minimum atomic E-state index is -0.0371. The molecule has 2 nitrogen and oxygen atoms in total. The summed E-state index contributed by atoms with van der Waals surface area (Å²) >= 11 is 0. The maximum atomic E-state index is 9.55. The van der Waals surface area contributed by atoms with Crippen molar-refractivity contribution >= 4 is 12.4 Å². The zero-order valence-corrected chi connectivity index (χ0v) is 9.47. The number of nitrogens with two attached hydrogens (primary N) is 1. The van der Waals surface area contributed by atoms with Crippen molar-refractivity contribution in [2.75, 3.05) is 0 Å². The van der Waals surface area contributed by atoms with Crippen molar-refractivity contribution in [2.45, 2.75) is 32.7 Å². The van der Waals surface area contributed by atoms with Crippen molar-refractivity contribution in [2.24, 2.45) is 5.73 Å². The molecule has 0 aliphatic carbocycles. The Morgan fingerprint density at radius 2 is 2.07 bits per heavy atom. The number of phenols is 1. The molecular formula is C11H18ClNO. The van der Waals surface area contributed by atoms with Crippen LogP contribution in [0.1, 0.15) is 36.9 Å². The summed E-state index contributed by atoms with van der Waals surface area (Å²) in [5.74, 6) is 0.312. The molecule has 0 amide bonds. The Morgan fingerprint density at radius 1 is 1.43 bits per heavy atom. The fourth-order valence-corrected chi connectivity index (χ4v) is 1.44. The predicted octanol–water partition coefficient (Wildman–Crippen LogP) is 2.92. The molecule has 3 heteroatoms.